The van der Waals surface area contributed by atoms with Crippen molar-refractivity contribution in [3.05, 3.63) is 46.9 Å². The maximum atomic E-state index is 12.8. The lowest BCUT2D eigenvalue weighted by Crippen LogP contribution is -2.17. The van der Waals surface area contributed by atoms with Gasteiger partial charge in [0.2, 0.25) is 0 Å². The van der Waals surface area contributed by atoms with E-state index in [9.17, 15) is 12.8 Å². The highest BCUT2D eigenvalue weighted by Crippen LogP contribution is 2.29. The molecule has 21 heavy (non-hydrogen) atoms. The molecule has 0 aliphatic rings. The number of sulfonamides is 1. The number of benzene rings is 1. The van der Waals surface area contributed by atoms with Gasteiger partial charge in [-0.25, -0.2) is 17.8 Å². The molecule has 1 aromatic carbocycles. The molecule has 5 nitrogen and oxygen atoms in total. The van der Waals surface area contributed by atoms with Gasteiger partial charge >= 0.3 is 0 Å². The Morgan fingerprint density at radius 2 is 1.86 bits per heavy atom. The zero-order valence-electron chi connectivity index (χ0n) is 11.9. The topological polar surface area (TPSA) is 85.1 Å². The summed E-state index contributed by atoms with van der Waals surface area (Å²) in [4.78, 5) is 3.81. The molecule has 0 saturated carbocycles. The number of anilines is 2. The minimum Gasteiger partial charge on any atom is -0.398 e. The zero-order chi connectivity index (χ0) is 15.8. The van der Waals surface area contributed by atoms with Gasteiger partial charge < -0.3 is 5.73 Å². The highest BCUT2D eigenvalue weighted by Gasteiger charge is 2.22. The van der Waals surface area contributed by atoms with Crippen molar-refractivity contribution in [2.45, 2.75) is 25.7 Å². The van der Waals surface area contributed by atoms with Crippen LogP contribution in [0.2, 0.25) is 0 Å². The molecule has 0 spiro atoms. The summed E-state index contributed by atoms with van der Waals surface area (Å²) in [6.07, 6.45) is 0.946. The number of halogens is 1. The lowest BCUT2D eigenvalue weighted by atomic mass is 10.1. The molecule has 112 valence electrons. The Labute approximate surface area is 123 Å². The average molecular weight is 309 g/mol. The molecule has 7 heteroatoms. The fourth-order valence-corrected chi connectivity index (χ4v) is 3.71. The van der Waals surface area contributed by atoms with E-state index in [0.717, 1.165) is 17.8 Å². The maximum absolute atomic E-state index is 12.8. The van der Waals surface area contributed by atoms with Gasteiger partial charge in [-0.15, -0.1) is 0 Å². The largest absolute Gasteiger partial charge is 0.398 e. The van der Waals surface area contributed by atoms with Crippen LogP contribution in [0.15, 0.2) is 29.3 Å². The predicted octanol–water partition coefficient (Wildman–Crippen LogP) is 2.53. The second kappa shape index (κ2) is 5.33. The Morgan fingerprint density at radius 3 is 2.43 bits per heavy atom. The number of nitrogen functional groups attached to an aromatic ring is 1. The van der Waals surface area contributed by atoms with Crippen LogP contribution in [-0.4, -0.2) is 13.4 Å². The fourth-order valence-electron chi connectivity index (χ4n) is 2.22. The highest BCUT2D eigenvalue weighted by atomic mass is 32.2. The van der Waals surface area contributed by atoms with Crippen molar-refractivity contribution >= 4 is 21.5 Å². The summed E-state index contributed by atoms with van der Waals surface area (Å²) in [5.74, 6) is -0.487. The molecule has 0 amide bonds. The molecule has 0 fully saturated rings. The van der Waals surface area contributed by atoms with Gasteiger partial charge in [0.15, 0.2) is 0 Å². The summed E-state index contributed by atoms with van der Waals surface area (Å²) in [5, 5.41) is 0. The molecule has 0 aliphatic heterocycles. The quantitative estimate of drug-likeness (QED) is 0.853. The monoisotopic (exact) mass is 309 g/mol. The van der Waals surface area contributed by atoms with Gasteiger partial charge in [-0.3, -0.25) is 4.72 Å². The second-order valence-corrected chi connectivity index (χ2v) is 6.46. The van der Waals surface area contributed by atoms with E-state index in [1.54, 1.807) is 19.9 Å². The zero-order valence-corrected chi connectivity index (χ0v) is 12.8. The number of aromatic nitrogens is 1. The lowest BCUT2D eigenvalue weighted by molar-refractivity contribution is 0.599. The molecule has 0 atom stereocenters. The normalized spacial score (nSPS) is 11.4. The molecule has 0 unspecified atom stereocenters. The SMILES string of the molecule is Cc1cc(C)c(S(=O)(=O)Nc2ccc(F)cn2)c(C)c1N. The van der Waals surface area contributed by atoms with Gasteiger partial charge in [0.05, 0.1) is 11.1 Å². The Kier molecular flexibility index (Phi) is 3.87. The third-order valence-corrected chi connectivity index (χ3v) is 4.84. The predicted molar refractivity (Wildman–Crippen MR) is 80.1 cm³/mol. The Morgan fingerprint density at radius 1 is 1.19 bits per heavy atom. The molecule has 0 bridgehead atoms. The van der Waals surface area contributed by atoms with E-state index >= 15 is 0 Å². The van der Waals surface area contributed by atoms with Gasteiger partial charge in [0, 0.05) is 5.69 Å². The smallest absolute Gasteiger partial charge is 0.263 e. The van der Waals surface area contributed by atoms with E-state index in [2.05, 4.69) is 9.71 Å². The molecule has 0 aliphatic carbocycles. The highest BCUT2D eigenvalue weighted by molar-refractivity contribution is 7.92. The third-order valence-electron chi connectivity index (χ3n) is 3.20. The number of rotatable bonds is 3. The Bertz CT molecular complexity index is 787. The van der Waals surface area contributed by atoms with Crippen molar-refractivity contribution in [3.8, 4) is 0 Å². The van der Waals surface area contributed by atoms with Crippen molar-refractivity contribution < 1.29 is 12.8 Å². The van der Waals surface area contributed by atoms with Crippen LogP contribution >= 0.6 is 0 Å². The van der Waals surface area contributed by atoms with Crippen LogP contribution in [0, 0.1) is 26.6 Å². The molecule has 0 radical (unpaired) electrons. The minimum atomic E-state index is -3.84. The first-order valence-corrected chi connectivity index (χ1v) is 7.71. The number of aryl methyl sites for hydroxylation is 2. The van der Waals surface area contributed by atoms with Crippen molar-refractivity contribution in [1.29, 1.82) is 0 Å². The maximum Gasteiger partial charge on any atom is 0.263 e. The van der Waals surface area contributed by atoms with Crippen LogP contribution in [0.4, 0.5) is 15.9 Å². The lowest BCUT2D eigenvalue weighted by Gasteiger charge is -2.15. The van der Waals surface area contributed by atoms with E-state index in [0.29, 0.717) is 16.8 Å². The van der Waals surface area contributed by atoms with Gasteiger partial charge in [-0.2, -0.15) is 0 Å². The van der Waals surface area contributed by atoms with Gasteiger partial charge in [0.1, 0.15) is 11.6 Å². The van der Waals surface area contributed by atoms with Crippen molar-refractivity contribution in [2.24, 2.45) is 0 Å². The first kappa shape index (κ1) is 15.2. The number of hydrogen-bond donors (Lipinski definition) is 2. The van der Waals surface area contributed by atoms with E-state index in [-0.39, 0.29) is 10.7 Å². The molecule has 3 N–H and O–H groups in total. The van der Waals surface area contributed by atoms with Crippen LogP contribution in [0.3, 0.4) is 0 Å². The molecule has 2 aromatic rings. The van der Waals surface area contributed by atoms with Crippen LogP contribution in [0.1, 0.15) is 16.7 Å². The molecule has 0 saturated heterocycles. The Hall–Kier alpha value is -2.15. The number of nitrogens with one attached hydrogen (secondary N) is 1. The first-order chi connectivity index (χ1) is 9.72. The Balaban J connectivity index is 2.50. The van der Waals surface area contributed by atoms with E-state index in [4.69, 9.17) is 5.73 Å². The van der Waals surface area contributed by atoms with Crippen molar-refractivity contribution in [2.75, 3.05) is 10.5 Å². The number of hydrogen-bond acceptors (Lipinski definition) is 4. The molecular weight excluding hydrogens is 293 g/mol. The summed E-state index contributed by atoms with van der Waals surface area (Å²) >= 11 is 0. The first-order valence-electron chi connectivity index (χ1n) is 6.23. The fraction of sp³-hybridized carbons (Fsp3) is 0.214. The molecule has 2 rings (SSSR count). The van der Waals surface area contributed by atoms with E-state index in [1.165, 1.54) is 6.07 Å². The summed E-state index contributed by atoms with van der Waals surface area (Å²) in [6, 6.07) is 4.11. The third kappa shape index (κ3) is 2.97. The number of nitrogens with zero attached hydrogens (tertiary/aromatic N) is 1. The second-order valence-electron chi connectivity index (χ2n) is 4.85. The minimum absolute atomic E-state index is 0.0503. The van der Waals surface area contributed by atoms with Crippen LogP contribution in [0.5, 0.6) is 0 Å². The van der Waals surface area contributed by atoms with Gasteiger partial charge in [0.25, 0.3) is 10.0 Å². The van der Waals surface area contributed by atoms with Gasteiger partial charge in [-0.1, -0.05) is 6.07 Å². The van der Waals surface area contributed by atoms with E-state index < -0.39 is 15.8 Å². The molecule has 1 heterocycles. The average Bonchev–Trinajstić information content (AvgIpc) is 2.38. The molecular formula is C14H16FN3O2S. The van der Waals surface area contributed by atoms with Gasteiger partial charge in [-0.05, 0) is 49.6 Å². The number of pyridine rings is 1. The summed E-state index contributed by atoms with van der Waals surface area (Å²) in [7, 11) is -3.84. The van der Waals surface area contributed by atoms with Crippen LogP contribution < -0.4 is 10.5 Å². The molecule has 1 aromatic heterocycles. The van der Waals surface area contributed by atoms with Crippen LogP contribution in [0.25, 0.3) is 0 Å². The van der Waals surface area contributed by atoms with E-state index in [1.807, 2.05) is 6.92 Å². The summed E-state index contributed by atoms with van der Waals surface area (Å²) < 4.78 is 40.1. The standard InChI is InChI=1S/C14H16FN3O2S/c1-8-6-9(2)14(10(3)13(8)16)21(19,20)18-12-5-4-11(15)7-17-12/h4-7H,16H2,1-3H3,(H,17,18). The van der Waals surface area contributed by atoms with Crippen molar-refractivity contribution in [3.63, 3.8) is 0 Å². The summed E-state index contributed by atoms with van der Waals surface area (Å²) in [5.41, 5.74) is 8.24. The number of nitrogens with two attached hydrogens (primary N) is 1. The summed E-state index contributed by atoms with van der Waals surface area (Å²) in [6.45, 7) is 5.18. The van der Waals surface area contributed by atoms with Crippen molar-refractivity contribution in [1.82, 2.24) is 4.98 Å². The van der Waals surface area contributed by atoms with Crippen LogP contribution in [-0.2, 0) is 10.0 Å².